The lowest BCUT2D eigenvalue weighted by Gasteiger charge is -2.39. The number of methoxy groups -OCH3 is 1. The zero-order valence-electron chi connectivity index (χ0n) is 14.0. The van der Waals surface area contributed by atoms with Crippen LogP contribution in [0.2, 0.25) is 0 Å². The Morgan fingerprint density at radius 1 is 1.21 bits per heavy atom. The van der Waals surface area contributed by atoms with Crippen LogP contribution >= 0.6 is 0 Å². The molecule has 1 aliphatic carbocycles. The second-order valence-corrected chi connectivity index (χ2v) is 7.40. The minimum absolute atomic E-state index is 0.0367. The average molecular weight is 269 g/mol. The summed E-state index contributed by atoms with van der Waals surface area (Å²) in [7, 11) is 3.92. The van der Waals surface area contributed by atoms with Crippen molar-refractivity contribution >= 4 is 0 Å². The fraction of sp³-hybridized carbons (Fsp3) is 1.00. The zero-order valence-corrected chi connectivity index (χ0v) is 14.0. The monoisotopic (exact) mass is 269 g/mol. The number of rotatable bonds is 7. The molecule has 0 aromatic heterocycles. The van der Waals surface area contributed by atoms with Gasteiger partial charge in [0.1, 0.15) is 0 Å². The Bertz CT molecular complexity index is 250. The van der Waals surface area contributed by atoms with E-state index in [1.165, 1.54) is 38.6 Å². The van der Waals surface area contributed by atoms with Crippen LogP contribution < -0.4 is 5.32 Å². The van der Waals surface area contributed by atoms with E-state index in [1.54, 1.807) is 0 Å². The van der Waals surface area contributed by atoms with Gasteiger partial charge >= 0.3 is 0 Å². The smallest absolute Gasteiger partial charge is 0.0622 e. The highest BCUT2D eigenvalue weighted by atomic mass is 16.5. The van der Waals surface area contributed by atoms with Crippen molar-refractivity contribution in [1.82, 2.24) is 5.32 Å². The Balaban J connectivity index is 2.56. The summed E-state index contributed by atoms with van der Waals surface area (Å²) >= 11 is 0. The van der Waals surface area contributed by atoms with Gasteiger partial charge in [0.2, 0.25) is 0 Å². The van der Waals surface area contributed by atoms with Gasteiger partial charge in [-0.1, -0.05) is 13.8 Å². The molecule has 114 valence electrons. The van der Waals surface area contributed by atoms with Gasteiger partial charge in [-0.25, -0.2) is 0 Å². The molecule has 2 heteroatoms. The first-order valence-corrected chi connectivity index (χ1v) is 8.09. The van der Waals surface area contributed by atoms with Crippen molar-refractivity contribution in [2.45, 2.75) is 65.4 Å². The van der Waals surface area contributed by atoms with Crippen LogP contribution in [-0.4, -0.2) is 26.3 Å². The molecule has 0 aliphatic heterocycles. The van der Waals surface area contributed by atoms with Crippen molar-refractivity contribution in [3.05, 3.63) is 0 Å². The molecule has 0 heterocycles. The number of hydrogen-bond donors (Lipinski definition) is 1. The Morgan fingerprint density at radius 3 is 2.42 bits per heavy atom. The molecule has 2 nitrogen and oxygen atoms in total. The van der Waals surface area contributed by atoms with Crippen molar-refractivity contribution < 1.29 is 4.74 Å². The summed E-state index contributed by atoms with van der Waals surface area (Å²) in [4.78, 5) is 0. The first-order chi connectivity index (χ1) is 8.89. The van der Waals surface area contributed by atoms with Crippen molar-refractivity contribution in [2.75, 3.05) is 20.7 Å². The topological polar surface area (TPSA) is 21.3 Å². The number of hydrogen-bond acceptors (Lipinski definition) is 2. The Morgan fingerprint density at radius 2 is 1.89 bits per heavy atom. The lowest BCUT2D eigenvalue weighted by molar-refractivity contribution is 0.00358. The SMILES string of the molecule is CNCC1CCC(C(C)C)CC1CCC(C)(C)OC. The second kappa shape index (κ2) is 7.64. The van der Waals surface area contributed by atoms with E-state index in [0.717, 1.165) is 23.7 Å². The molecular weight excluding hydrogens is 234 g/mol. The van der Waals surface area contributed by atoms with Gasteiger partial charge in [-0.2, -0.15) is 0 Å². The molecule has 1 fully saturated rings. The molecule has 19 heavy (non-hydrogen) atoms. The molecule has 1 N–H and O–H groups in total. The minimum atomic E-state index is 0.0367. The van der Waals surface area contributed by atoms with E-state index in [4.69, 9.17) is 4.74 Å². The zero-order chi connectivity index (χ0) is 14.5. The molecule has 3 atom stereocenters. The van der Waals surface area contributed by atoms with Gasteiger partial charge in [-0.05, 0) is 83.2 Å². The summed E-state index contributed by atoms with van der Waals surface area (Å²) < 4.78 is 5.58. The first-order valence-electron chi connectivity index (χ1n) is 8.09. The standard InChI is InChI=1S/C17H35NO/c1-13(2)14-7-8-16(12-18-5)15(11-14)9-10-17(3,4)19-6/h13-16,18H,7-12H2,1-6H3. The second-order valence-electron chi connectivity index (χ2n) is 7.40. The summed E-state index contributed by atoms with van der Waals surface area (Å²) in [5, 5.41) is 3.39. The highest BCUT2D eigenvalue weighted by Crippen LogP contribution is 2.40. The summed E-state index contributed by atoms with van der Waals surface area (Å²) in [5.74, 6) is 3.52. The number of ether oxygens (including phenoxy) is 1. The van der Waals surface area contributed by atoms with Gasteiger partial charge in [0.25, 0.3) is 0 Å². The van der Waals surface area contributed by atoms with Crippen molar-refractivity contribution in [3.63, 3.8) is 0 Å². The third-order valence-electron chi connectivity index (χ3n) is 5.26. The first kappa shape index (κ1) is 17.0. The van der Waals surface area contributed by atoms with E-state index in [2.05, 4.69) is 40.1 Å². The van der Waals surface area contributed by atoms with Crippen LogP contribution in [0.3, 0.4) is 0 Å². The maximum absolute atomic E-state index is 5.58. The van der Waals surface area contributed by atoms with Gasteiger partial charge < -0.3 is 10.1 Å². The predicted octanol–water partition coefficient (Wildman–Crippen LogP) is 4.10. The largest absolute Gasteiger partial charge is 0.379 e. The average Bonchev–Trinajstić information content (AvgIpc) is 2.37. The molecule has 0 bridgehead atoms. The van der Waals surface area contributed by atoms with Crippen molar-refractivity contribution in [1.29, 1.82) is 0 Å². The molecule has 0 aromatic rings. The molecule has 1 saturated carbocycles. The molecule has 0 amide bonds. The molecule has 0 spiro atoms. The third-order valence-corrected chi connectivity index (χ3v) is 5.26. The highest BCUT2D eigenvalue weighted by molar-refractivity contribution is 4.84. The van der Waals surface area contributed by atoms with E-state index in [9.17, 15) is 0 Å². The molecule has 0 aromatic carbocycles. The summed E-state index contributed by atoms with van der Waals surface area (Å²) in [5.41, 5.74) is 0.0367. The van der Waals surface area contributed by atoms with E-state index in [1.807, 2.05) is 7.11 Å². The molecule has 0 radical (unpaired) electrons. The Labute approximate surface area is 120 Å². The molecule has 3 unspecified atom stereocenters. The normalized spacial score (nSPS) is 28.9. The van der Waals surface area contributed by atoms with E-state index >= 15 is 0 Å². The van der Waals surface area contributed by atoms with Gasteiger partial charge in [0.15, 0.2) is 0 Å². The van der Waals surface area contributed by atoms with E-state index in [-0.39, 0.29) is 5.60 Å². The van der Waals surface area contributed by atoms with Gasteiger partial charge in [0, 0.05) is 7.11 Å². The van der Waals surface area contributed by atoms with Crippen LogP contribution in [0.4, 0.5) is 0 Å². The van der Waals surface area contributed by atoms with Crippen LogP contribution in [0.5, 0.6) is 0 Å². The van der Waals surface area contributed by atoms with Crippen LogP contribution in [-0.2, 0) is 4.74 Å². The molecule has 0 saturated heterocycles. The van der Waals surface area contributed by atoms with E-state index < -0.39 is 0 Å². The lowest BCUT2D eigenvalue weighted by Crippen LogP contribution is -2.34. The molecule has 1 aliphatic rings. The van der Waals surface area contributed by atoms with Crippen LogP contribution in [0.25, 0.3) is 0 Å². The van der Waals surface area contributed by atoms with Gasteiger partial charge in [-0.3, -0.25) is 0 Å². The van der Waals surface area contributed by atoms with Crippen molar-refractivity contribution in [2.24, 2.45) is 23.7 Å². The van der Waals surface area contributed by atoms with E-state index in [0.29, 0.717) is 0 Å². The van der Waals surface area contributed by atoms with Crippen LogP contribution in [0, 0.1) is 23.7 Å². The van der Waals surface area contributed by atoms with Gasteiger partial charge in [0.05, 0.1) is 5.60 Å². The summed E-state index contributed by atoms with van der Waals surface area (Å²) in [6, 6.07) is 0. The van der Waals surface area contributed by atoms with Crippen LogP contribution in [0.1, 0.15) is 59.8 Å². The van der Waals surface area contributed by atoms with Gasteiger partial charge in [-0.15, -0.1) is 0 Å². The highest BCUT2D eigenvalue weighted by Gasteiger charge is 2.32. The van der Waals surface area contributed by atoms with Crippen LogP contribution in [0.15, 0.2) is 0 Å². The third kappa shape index (κ3) is 5.43. The lowest BCUT2D eigenvalue weighted by atomic mass is 9.68. The Kier molecular flexibility index (Phi) is 6.82. The minimum Gasteiger partial charge on any atom is -0.379 e. The van der Waals surface area contributed by atoms with Crippen molar-refractivity contribution in [3.8, 4) is 0 Å². The maximum Gasteiger partial charge on any atom is 0.0622 e. The molecular formula is C17H35NO. The Hall–Kier alpha value is -0.0800. The maximum atomic E-state index is 5.58. The predicted molar refractivity (Wildman–Crippen MR) is 83.4 cm³/mol. The summed E-state index contributed by atoms with van der Waals surface area (Å²) in [6.07, 6.45) is 6.75. The molecule has 1 rings (SSSR count). The summed E-state index contributed by atoms with van der Waals surface area (Å²) in [6.45, 7) is 10.4. The number of nitrogens with one attached hydrogen (secondary N) is 1. The fourth-order valence-electron chi connectivity index (χ4n) is 3.49. The fourth-order valence-corrected chi connectivity index (χ4v) is 3.49. The quantitative estimate of drug-likeness (QED) is 0.751.